The van der Waals surface area contributed by atoms with Crippen LogP contribution in [0.2, 0.25) is 0 Å². The van der Waals surface area contributed by atoms with Gasteiger partial charge in [0, 0.05) is 31.7 Å². The first-order valence-electron chi connectivity index (χ1n) is 5.02. The minimum absolute atomic E-state index is 0.222. The smallest absolute Gasteiger partial charge is 0.119 e. The number of rotatable bonds is 7. The minimum Gasteiger partial charge on any atom is -0.396 e. The first-order valence-corrected chi connectivity index (χ1v) is 5.90. The quantitative estimate of drug-likeness (QED) is 0.738. The van der Waals surface area contributed by atoms with E-state index in [9.17, 15) is 0 Å². The molecule has 0 saturated heterocycles. The summed E-state index contributed by atoms with van der Waals surface area (Å²) >= 11 is 1.61. The van der Waals surface area contributed by atoms with E-state index >= 15 is 0 Å². The molecule has 0 aliphatic rings. The van der Waals surface area contributed by atoms with Crippen LogP contribution in [-0.4, -0.2) is 29.8 Å². The third kappa shape index (κ3) is 4.70. The summed E-state index contributed by atoms with van der Waals surface area (Å²) in [6.45, 7) is 3.61. The van der Waals surface area contributed by atoms with E-state index in [0.717, 1.165) is 23.7 Å². The maximum absolute atomic E-state index is 8.74. The third-order valence-electron chi connectivity index (χ3n) is 2.06. The summed E-state index contributed by atoms with van der Waals surface area (Å²) < 4.78 is 5.00. The zero-order valence-electron chi connectivity index (χ0n) is 9.19. The second-order valence-corrected chi connectivity index (χ2v) is 4.40. The van der Waals surface area contributed by atoms with E-state index in [2.05, 4.69) is 17.2 Å². The van der Waals surface area contributed by atoms with Crippen molar-refractivity contribution in [1.82, 2.24) is 10.3 Å². The Hall–Kier alpha value is -0.490. The van der Waals surface area contributed by atoms with Crippen molar-refractivity contribution in [2.24, 2.45) is 0 Å². The largest absolute Gasteiger partial charge is 0.396 e. The molecule has 1 aromatic rings. The molecule has 5 heteroatoms. The lowest BCUT2D eigenvalue weighted by Gasteiger charge is -2.10. The summed E-state index contributed by atoms with van der Waals surface area (Å²) in [5, 5.41) is 15.1. The molecule has 2 N–H and O–H groups in total. The average molecular weight is 230 g/mol. The molecule has 0 spiro atoms. The Morgan fingerprint density at radius 3 is 3.13 bits per heavy atom. The highest BCUT2D eigenvalue weighted by Crippen LogP contribution is 2.10. The second-order valence-electron chi connectivity index (χ2n) is 3.46. The lowest BCUT2D eigenvalue weighted by atomic mass is 10.2. The third-order valence-corrected chi connectivity index (χ3v) is 2.93. The van der Waals surface area contributed by atoms with E-state index in [0.29, 0.717) is 12.6 Å². The molecule has 86 valence electrons. The van der Waals surface area contributed by atoms with E-state index in [1.165, 1.54) is 0 Å². The number of aliphatic hydroxyl groups excluding tert-OH is 1. The Labute approximate surface area is 94.3 Å². The molecule has 4 nitrogen and oxygen atoms in total. The van der Waals surface area contributed by atoms with E-state index in [1.807, 2.05) is 5.38 Å². The van der Waals surface area contributed by atoms with Crippen LogP contribution in [0.25, 0.3) is 0 Å². The number of thiazole rings is 1. The van der Waals surface area contributed by atoms with Crippen molar-refractivity contribution in [3.8, 4) is 0 Å². The van der Waals surface area contributed by atoms with Gasteiger partial charge in [0.1, 0.15) is 5.01 Å². The normalized spacial score (nSPS) is 13.0. The average Bonchev–Trinajstić information content (AvgIpc) is 2.64. The van der Waals surface area contributed by atoms with Gasteiger partial charge in [-0.25, -0.2) is 4.98 Å². The van der Waals surface area contributed by atoms with Gasteiger partial charge in [-0.2, -0.15) is 0 Å². The van der Waals surface area contributed by atoms with Crippen molar-refractivity contribution in [2.75, 3.05) is 13.7 Å². The number of hydrogen-bond donors (Lipinski definition) is 2. The van der Waals surface area contributed by atoms with Crippen molar-refractivity contribution < 1.29 is 9.84 Å². The van der Waals surface area contributed by atoms with E-state index in [4.69, 9.17) is 9.84 Å². The maximum Gasteiger partial charge on any atom is 0.119 e. The van der Waals surface area contributed by atoms with Crippen LogP contribution in [0.15, 0.2) is 5.38 Å². The first-order chi connectivity index (χ1) is 7.26. The van der Waals surface area contributed by atoms with Crippen molar-refractivity contribution >= 4 is 11.3 Å². The monoisotopic (exact) mass is 230 g/mol. The predicted octanol–water partition coefficient (Wildman–Crippen LogP) is 1.15. The Morgan fingerprint density at radius 1 is 1.67 bits per heavy atom. The van der Waals surface area contributed by atoms with Gasteiger partial charge in [-0.15, -0.1) is 11.3 Å². The molecule has 1 heterocycles. The number of ether oxygens (including phenoxy) is 1. The van der Waals surface area contributed by atoms with E-state index < -0.39 is 0 Å². The minimum atomic E-state index is 0.222. The number of aromatic nitrogens is 1. The van der Waals surface area contributed by atoms with Gasteiger partial charge in [0.25, 0.3) is 0 Å². The first kappa shape index (κ1) is 12.6. The molecule has 1 atom stereocenters. The Balaban J connectivity index is 2.30. The Kier molecular flexibility index (Phi) is 5.78. The highest BCUT2D eigenvalue weighted by atomic mass is 32.1. The molecule has 0 aliphatic heterocycles. The number of nitrogens with zero attached hydrogens (tertiary/aromatic N) is 1. The molecule has 0 fully saturated rings. The van der Waals surface area contributed by atoms with Crippen molar-refractivity contribution in [3.05, 3.63) is 16.1 Å². The van der Waals surface area contributed by atoms with Crippen LogP contribution in [0.3, 0.4) is 0 Å². The van der Waals surface area contributed by atoms with Crippen molar-refractivity contribution in [3.63, 3.8) is 0 Å². The van der Waals surface area contributed by atoms with Crippen molar-refractivity contribution in [1.29, 1.82) is 0 Å². The topological polar surface area (TPSA) is 54.4 Å². The maximum atomic E-state index is 8.74. The van der Waals surface area contributed by atoms with Gasteiger partial charge in [-0.1, -0.05) is 0 Å². The summed E-state index contributed by atoms with van der Waals surface area (Å²) in [6.07, 6.45) is 0.773. The highest BCUT2D eigenvalue weighted by molar-refractivity contribution is 7.09. The fraction of sp³-hybridized carbons (Fsp3) is 0.700. The van der Waals surface area contributed by atoms with Gasteiger partial charge >= 0.3 is 0 Å². The molecule has 0 amide bonds. The van der Waals surface area contributed by atoms with Gasteiger partial charge in [-0.3, -0.25) is 0 Å². The molecule has 1 rings (SSSR count). The number of methoxy groups -OCH3 is 1. The summed E-state index contributed by atoms with van der Waals surface area (Å²) in [5.41, 5.74) is 1.04. The highest BCUT2D eigenvalue weighted by Gasteiger charge is 2.04. The van der Waals surface area contributed by atoms with E-state index in [1.54, 1.807) is 18.4 Å². The molecule has 0 aromatic carbocycles. The molecule has 0 bridgehead atoms. The predicted molar refractivity (Wildman–Crippen MR) is 60.8 cm³/mol. The standard InChI is InChI=1S/C10H18N2O2S/c1-8(3-4-13)11-5-9-7-15-10(12-9)6-14-2/h7-8,11,13H,3-6H2,1-2H3/t8-/m1/s1. The van der Waals surface area contributed by atoms with Gasteiger partial charge in [0.2, 0.25) is 0 Å². The zero-order valence-corrected chi connectivity index (χ0v) is 10.0. The molecule has 0 aliphatic carbocycles. The van der Waals surface area contributed by atoms with Crippen LogP contribution in [0, 0.1) is 0 Å². The fourth-order valence-electron chi connectivity index (χ4n) is 1.19. The SMILES string of the molecule is COCc1nc(CN[C@H](C)CCO)cs1. The molecule has 15 heavy (non-hydrogen) atoms. The second kappa shape index (κ2) is 6.90. The zero-order chi connectivity index (χ0) is 11.1. The lowest BCUT2D eigenvalue weighted by Crippen LogP contribution is -2.26. The molecular formula is C10H18N2O2S. The summed E-state index contributed by atoms with van der Waals surface area (Å²) in [4.78, 5) is 4.40. The van der Waals surface area contributed by atoms with Crippen LogP contribution < -0.4 is 5.32 Å². The Morgan fingerprint density at radius 2 is 2.47 bits per heavy atom. The van der Waals surface area contributed by atoms with Crippen LogP contribution >= 0.6 is 11.3 Å². The van der Waals surface area contributed by atoms with Crippen LogP contribution in [0.5, 0.6) is 0 Å². The van der Waals surface area contributed by atoms with Crippen LogP contribution in [0.4, 0.5) is 0 Å². The van der Waals surface area contributed by atoms with Gasteiger partial charge in [0.15, 0.2) is 0 Å². The molecule has 1 aromatic heterocycles. The molecule has 0 unspecified atom stereocenters. The Bertz CT molecular complexity index is 278. The number of aliphatic hydroxyl groups is 1. The molecule has 0 saturated carbocycles. The van der Waals surface area contributed by atoms with Gasteiger partial charge in [-0.05, 0) is 13.3 Å². The number of hydrogen-bond acceptors (Lipinski definition) is 5. The van der Waals surface area contributed by atoms with Gasteiger partial charge < -0.3 is 15.2 Å². The summed E-state index contributed by atoms with van der Waals surface area (Å²) in [6, 6.07) is 0.322. The fourth-order valence-corrected chi connectivity index (χ4v) is 1.96. The van der Waals surface area contributed by atoms with Crippen LogP contribution in [0.1, 0.15) is 24.0 Å². The van der Waals surface area contributed by atoms with Gasteiger partial charge in [0.05, 0.1) is 12.3 Å². The van der Waals surface area contributed by atoms with Crippen LogP contribution in [-0.2, 0) is 17.9 Å². The van der Waals surface area contributed by atoms with E-state index in [-0.39, 0.29) is 6.61 Å². The number of nitrogens with one attached hydrogen (secondary N) is 1. The van der Waals surface area contributed by atoms with Crippen molar-refractivity contribution in [2.45, 2.75) is 32.5 Å². The summed E-state index contributed by atoms with van der Waals surface area (Å²) in [7, 11) is 1.67. The summed E-state index contributed by atoms with van der Waals surface area (Å²) in [5.74, 6) is 0. The lowest BCUT2D eigenvalue weighted by molar-refractivity contribution is 0.184. The molecule has 0 radical (unpaired) electrons. The molecular weight excluding hydrogens is 212 g/mol.